The Kier molecular flexibility index (Phi) is 1.94. The van der Waals surface area contributed by atoms with Gasteiger partial charge in [0.15, 0.2) is 6.29 Å². The number of hydrogen-bond acceptors (Lipinski definition) is 3. The van der Waals surface area contributed by atoms with E-state index >= 15 is 0 Å². The Bertz CT molecular complexity index is 470. The van der Waals surface area contributed by atoms with E-state index in [4.69, 9.17) is 0 Å². The summed E-state index contributed by atoms with van der Waals surface area (Å²) in [6.45, 7) is 0. The topological polar surface area (TPSA) is 34.1 Å². The predicted octanol–water partition coefficient (Wildman–Crippen LogP) is 2.28. The van der Waals surface area contributed by atoms with Crippen LogP contribution >= 0.6 is 11.3 Å². The van der Waals surface area contributed by atoms with Crippen LogP contribution in [0.15, 0.2) is 29.6 Å². The second-order valence-corrected chi connectivity index (χ2v) is 3.51. The molecule has 0 N–H and O–H groups in total. The third-order valence-corrected chi connectivity index (χ3v) is 2.87. The Morgan fingerprint density at radius 3 is 2.85 bits per heavy atom. The average Bonchev–Trinajstić information content (AvgIpc) is 2.60. The fraction of sp³-hybridized carbons (Fsp3) is 0. The number of thiophene rings is 1. The van der Waals surface area contributed by atoms with Crippen molar-refractivity contribution in [3.63, 3.8) is 0 Å². The molecule has 0 saturated carbocycles. The molecule has 0 aliphatic rings. The molecule has 0 atom stereocenters. The van der Waals surface area contributed by atoms with Gasteiger partial charge in [-0.3, -0.25) is 9.59 Å². The fourth-order valence-corrected chi connectivity index (χ4v) is 2.16. The van der Waals surface area contributed by atoms with Gasteiger partial charge in [0, 0.05) is 5.39 Å². The molecule has 0 radical (unpaired) electrons. The quantitative estimate of drug-likeness (QED) is 0.413. The molecular weight excluding hydrogens is 184 g/mol. The predicted molar refractivity (Wildman–Crippen MR) is 52.2 cm³/mol. The maximum Gasteiger partial charge on any atom is 0.235 e. The van der Waals surface area contributed by atoms with E-state index in [-0.39, 0.29) is 0 Å². The van der Waals surface area contributed by atoms with Crippen molar-refractivity contribution in [3.8, 4) is 0 Å². The molecule has 0 spiro atoms. The highest BCUT2D eigenvalue weighted by Crippen LogP contribution is 2.25. The van der Waals surface area contributed by atoms with Crippen LogP contribution in [0.5, 0.6) is 0 Å². The summed E-state index contributed by atoms with van der Waals surface area (Å²) in [5.74, 6) is -0.439. The van der Waals surface area contributed by atoms with Gasteiger partial charge in [0.2, 0.25) is 5.78 Å². The highest BCUT2D eigenvalue weighted by atomic mass is 32.1. The first-order valence-electron chi connectivity index (χ1n) is 3.78. The average molecular weight is 190 g/mol. The van der Waals surface area contributed by atoms with Crippen LogP contribution in [0.25, 0.3) is 10.8 Å². The number of carbonyl (C=O) groups excluding carboxylic acids is 2. The van der Waals surface area contributed by atoms with Crippen molar-refractivity contribution in [3.05, 3.63) is 34.5 Å². The van der Waals surface area contributed by atoms with Gasteiger partial charge in [-0.15, -0.1) is 11.3 Å². The van der Waals surface area contributed by atoms with Gasteiger partial charge in [-0.25, -0.2) is 0 Å². The Balaban J connectivity index is 2.71. The number of aldehydes is 1. The zero-order valence-corrected chi connectivity index (χ0v) is 7.51. The van der Waals surface area contributed by atoms with Crippen LogP contribution in [0.3, 0.4) is 0 Å². The first kappa shape index (κ1) is 8.13. The van der Waals surface area contributed by atoms with Gasteiger partial charge in [-0.2, -0.15) is 0 Å². The maximum atomic E-state index is 11.1. The first-order valence-corrected chi connectivity index (χ1v) is 4.66. The molecule has 0 amide bonds. The van der Waals surface area contributed by atoms with Crippen molar-refractivity contribution in [2.45, 2.75) is 0 Å². The molecule has 0 aliphatic carbocycles. The minimum Gasteiger partial charge on any atom is -0.294 e. The third-order valence-electron chi connectivity index (χ3n) is 1.84. The van der Waals surface area contributed by atoms with Crippen LogP contribution in [0.2, 0.25) is 0 Å². The van der Waals surface area contributed by atoms with Gasteiger partial charge in [0.05, 0.1) is 4.88 Å². The van der Waals surface area contributed by atoms with E-state index in [0.717, 1.165) is 10.8 Å². The van der Waals surface area contributed by atoms with Crippen LogP contribution < -0.4 is 0 Å². The monoisotopic (exact) mass is 190 g/mol. The summed E-state index contributed by atoms with van der Waals surface area (Å²) in [5, 5.41) is 3.76. The molecule has 2 nitrogen and oxygen atoms in total. The van der Waals surface area contributed by atoms with Crippen LogP contribution in [0.4, 0.5) is 0 Å². The highest BCUT2D eigenvalue weighted by molar-refractivity contribution is 7.14. The Morgan fingerprint density at radius 1 is 1.31 bits per heavy atom. The van der Waals surface area contributed by atoms with Crippen molar-refractivity contribution in [1.29, 1.82) is 0 Å². The van der Waals surface area contributed by atoms with Crippen molar-refractivity contribution < 1.29 is 9.59 Å². The fourth-order valence-electron chi connectivity index (χ4n) is 1.24. The molecule has 64 valence electrons. The molecule has 2 aromatic rings. The van der Waals surface area contributed by atoms with Crippen LogP contribution in [-0.2, 0) is 4.79 Å². The summed E-state index contributed by atoms with van der Waals surface area (Å²) in [6, 6.07) is 7.54. The van der Waals surface area contributed by atoms with E-state index in [0.29, 0.717) is 11.2 Å². The molecule has 0 aliphatic heterocycles. The largest absolute Gasteiger partial charge is 0.294 e. The lowest BCUT2D eigenvalue weighted by atomic mass is 10.1. The maximum absolute atomic E-state index is 11.1. The molecule has 0 saturated heterocycles. The van der Waals surface area contributed by atoms with E-state index in [9.17, 15) is 9.59 Å². The van der Waals surface area contributed by atoms with E-state index in [2.05, 4.69) is 0 Å². The molecule has 3 heteroatoms. The van der Waals surface area contributed by atoms with Crippen LogP contribution in [-0.4, -0.2) is 12.1 Å². The van der Waals surface area contributed by atoms with E-state index < -0.39 is 5.78 Å². The summed E-state index contributed by atoms with van der Waals surface area (Å²) in [6.07, 6.45) is 0.359. The van der Waals surface area contributed by atoms with Crippen molar-refractivity contribution in [2.75, 3.05) is 0 Å². The second-order valence-electron chi connectivity index (χ2n) is 2.63. The van der Waals surface area contributed by atoms with Gasteiger partial charge in [-0.1, -0.05) is 24.3 Å². The van der Waals surface area contributed by atoms with E-state index in [1.807, 2.05) is 29.6 Å². The normalized spacial score (nSPS) is 10.2. The number of carbonyl (C=O) groups is 2. The Hall–Kier alpha value is -1.48. The third kappa shape index (κ3) is 1.27. The van der Waals surface area contributed by atoms with Crippen molar-refractivity contribution in [2.24, 2.45) is 0 Å². The minimum absolute atomic E-state index is 0.359. The highest BCUT2D eigenvalue weighted by Gasteiger charge is 2.10. The minimum atomic E-state index is -0.439. The zero-order chi connectivity index (χ0) is 9.26. The number of benzene rings is 1. The van der Waals surface area contributed by atoms with Crippen LogP contribution in [0.1, 0.15) is 9.67 Å². The van der Waals surface area contributed by atoms with Crippen molar-refractivity contribution >= 4 is 34.2 Å². The lowest BCUT2D eigenvalue weighted by Crippen LogP contribution is -1.96. The van der Waals surface area contributed by atoms with Gasteiger partial charge < -0.3 is 0 Å². The number of rotatable bonds is 2. The Morgan fingerprint density at radius 2 is 2.08 bits per heavy atom. The van der Waals surface area contributed by atoms with E-state index in [1.54, 1.807) is 0 Å². The lowest BCUT2D eigenvalue weighted by Gasteiger charge is -1.89. The molecule has 0 bridgehead atoms. The standard InChI is InChI=1S/C10H6O2S/c11-5-9(12)10-8-4-2-1-3-7(8)6-13-10/h1-6H. The van der Waals surface area contributed by atoms with Crippen LogP contribution in [0, 0.1) is 0 Å². The molecule has 13 heavy (non-hydrogen) atoms. The number of ketones is 1. The first-order chi connectivity index (χ1) is 6.33. The second kappa shape index (κ2) is 3.11. The molecular formula is C10H6O2S. The molecule has 1 aromatic heterocycles. The SMILES string of the molecule is O=CC(=O)c1scc2ccccc12. The summed E-state index contributed by atoms with van der Waals surface area (Å²) in [5.41, 5.74) is 0. The zero-order valence-electron chi connectivity index (χ0n) is 6.69. The summed E-state index contributed by atoms with van der Waals surface area (Å²) in [7, 11) is 0. The van der Waals surface area contributed by atoms with Gasteiger partial charge in [0.1, 0.15) is 0 Å². The Labute approximate surface area is 78.8 Å². The summed E-state index contributed by atoms with van der Waals surface area (Å²) >= 11 is 1.31. The number of fused-ring (bicyclic) bond motifs is 1. The smallest absolute Gasteiger partial charge is 0.235 e. The van der Waals surface area contributed by atoms with Gasteiger partial charge in [0.25, 0.3) is 0 Å². The van der Waals surface area contributed by atoms with E-state index in [1.165, 1.54) is 11.3 Å². The number of hydrogen-bond donors (Lipinski definition) is 0. The molecule has 0 fully saturated rings. The summed E-state index contributed by atoms with van der Waals surface area (Å²) in [4.78, 5) is 22.0. The molecule has 1 heterocycles. The van der Waals surface area contributed by atoms with Gasteiger partial charge >= 0.3 is 0 Å². The molecule has 2 rings (SSSR count). The number of Topliss-reactive ketones (excluding diaryl/α,β-unsaturated/α-hetero) is 1. The lowest BCUT2D eigenvalue weighted by molar-refractivity contribution is -0.104. The van der Waals surface area contributed by atoms with Gasteiger partial charge in [-0.05, 0) is 10.8 Å². The summed E-state index contributed by atoms with van der Waals surface area (Å²) < 4.78 is 0. The molecule has 0 unspecified atom stereocenters. The molecule has 1 aromatic carbocycles. The van der Waals surface area contributed by atoms with Crippen molar-refractivity contribution in [1.82, 2.24) is 0 Å².